The van der Waals surface area contributed by atoms with E-state index in [1.165, 1.54) is 32.1 Å². The Kier molecular flexibility index (Phi) is 6.76. The van der Waals surface area contributed by atoms with Gasteiger partial charge in [0.2, 0.25) is 0 Å². The minimum Gasteiger partial charge on any atom is -0.384 e. The highest BCUT2D eigenvalue weighted by atomic mass is 35.5. The fraction of sp³-hybridized carbons (Fsp3) is 0.571. The quantitative estimate of drug-likeness (QED) is 0.630. The molecule has 0 heterocycles. The second-order valence-electron chi connectivity index (χ2n) is 4.42. The number of anilines is 1. The van der Waals surface area contributed by atoms with Gasteiger partial charge in [0.15, 0.2) is 0 Å². The molecule has 0 amide bonds. The van der Waals surface area contributed by atoms with E-state index in [9.17, 15) is 0 Å². The van der Waals surface area contributed by atoms with Crippen LogP contribution in [0.5, 0.6) is 0 Å². The Hall–Kier alpha value is -0.400. The molecule has 0 fully saturated rings. The molecule has 96 valence electrons. The largest absolute Gasteiger partial charge is 0.384 e. The number of benzene rings is 1. The van der Waals surface area contributed by atoms with E-state index < -0.39 is 0 Å². The van der Waals surface area contributed by atoms with E-state index >= 15 is 0 Å². The maximum Gasteiger partial charge on any atom is 0.0641 e. The van der Waals surface area contributed by atoms with Crippen LogP contribution in [-0.4, -0.2) is 6.54 Å². The van der Waals surface area contributed by atoms with E-state index in [0.29, 0.717) is 0 Å². The smallest absolute Gasteiger partial charge is 0.0641 e. The molecule has 0 saturated heterocycles. The fourth-order valence-corrected chi connectivity index (χ4v) is 2.18. The third-order valence-electron chi connectivity index (χ3n) is 2.84. The first-order valence-electron chi connectivity index (χ1n) is 6.34. The van der Waals surface area contributed by atoms with Crippen molar-refractivity contribution in [2.75, 3.05) is 11.9 Å². The van der Waals surface area contributed by atoms with Crippen LogP contribution in [-0.2, 0) is 0 Å². The zero-order chi connectivity index (χ0) is 12.7. The van der Waals surface area contributed by atoms with Gasteiger partial charge in [-0.3, -0.25) is 0 Å². The van der Waals surface area contributed by atoms with Crippen molar-refractivity contribution >= 4 is 28.9 Å². The second-order valence-corrected chi connectivity index (χ2v) is 5.24. The van der Waals surface area contributed by atoms with E-state index in [2.05, 4.69) is 12.2 Å². The summed E-state index contributed by atoms with van der Waals surface area (Å²) in [4.78, 5) is 0. The summed E-state index contributed by atoms with van der Waals surface area (Å²) >= 11 is 12.2. The van der Waals surface area contributed by atoms with Gasteiger partial charge in [-0.25, -0.2) is 0 Å². The number of unbranched alkanes of at least 4 members (excludes halogenated alkanes) is 4. The lowest BCUT2D eigenvalue weighted by atomic mass is 10.1. The standard InChI is InChI=1S/C14H21Cl2N/c1-3-4-5-6-7-8-17-14-10-12(15)11(2)9-13(14)16/h9-10,17H,3-8H2,1-2H3. The molecular formula is C14H21Cl2N. The molecule has 0 aliphatic heterocycles. The van der Waals surface area contributed by atoms with Crippen LogP contribution in [0.3, 0.4) is 0 Å². The summed E-state index contributed by atoms with van der Waals surface area (Å²) in [5, 5.41) is 4.86. The first-order chi connectivity index (χ1) is 8.15. The molecule has 1 aromatic rings. The molecule has 1 rings (SSSR count). The van der Waals surface area contributed by atoms with Gasteiger partial charge >= 0.3 is 0 Å². The Morgan fingerprint density at radius 3 is 2.41 bits per heavy atom. The van der Waals surface area contributed by atoms with Gasteiger partial charge in [0.25, 0.3) is 0 Å². The van der Waals surface area contributed by atoms with E-state index in [-0.39, 0.29) is 0 Å². The summed E-state index contributed by atoms with van der Waals surface area (Å²) in [6.07, 6.45) is 6.39. The number of rotatable bonds is 7. The van der Waals surface area contributed by atoms with Crippen LogP contribution in [0.25, 0.3) is 0 Å². The third-order valence-corrected chi connectivity index (χ3v) is 3.56. The molecule has 1 aromatic carbocycles. The predicted octanol–water partition coefficient (Wildman–Crippen LogP) is 5.68. The third kappa shape index (κ3) is 5.18. The lowest BCUT2D eigenvalue weighted by molar-refractivity contribution is 0.645. The normalized spacial score (nSPS) is 10.6. The summed E-state index contributed by atoms with van der Waals surface area (Å²) < 4.78 is 0. The van der Waals surface area contributed by atoms with Crippen molar-refractivity contribution in [3.8, 4) is 0 Å². The first-order valence-corrected chi connectivity index (χ1v) is 7.10. The zero-order valence-electron chi connectivity index (χ0n) is 10.7. The van der Waals surface area contributed by atoms with Crippen LogP contribution in [0.4, 0.5) is 5.69 Å². The maximum absolute atomic E-state index is 6.14. The molecule has 1 N–H and O–H groups in total. The Bertz CT molecular complexity index is 350. The minimum atomic E-state index is 0.750. The van der Waals surface area contributed by atoms with Crippen molar-refractivity contribution in [1.82, 2.24) is 0 Å². The van der Waals surface area contributed by atoms with Crippen LogP contribution in [0.2, 0.25) is 10.0 Å². The molecule has 3 heteroatoms. The van der Waals surface area contributed by atoms with Gasteiger partial charge in [0.05, 0.1) is 10.7 Å². The predicted molar refractivity (Wildman–Crippen MR) is 78.4 cm³/mol. The number of hydrogen-bond donors (Lipinski definition) is 1. The van der Waals surface area contributed by atoms with Gasteiger partial charge in [-0.05, 0) is 31.0 Å². The lowest BCUT2D eigenvalue weighted by Gasteiger charge is -2.10. The van der Waals surface area contributed by atoms with E-state index in [1.54, 1.807) is 0 Å². The topological polar surface area (TPSA) is 12.0 Å². The van der Waals surface area contributed by atoms with E-state index in [0.717, 1.165) is 27.8 Å². The summed E-state index contributed by atoms with van der Waals surface area (Å²) in [5.74, 6) is 0. The molecule has 1 nitrogen and oxygen atoms in total. The first kappa shape index (κ1) is 14.7. The Balaban J connectivity index is 2.34. The van der Waals surface area contributed by atoms with Crippen LogP contribution in [0.15, 0.2) is 12.1 Å². The lowest BCUT2D eigenvalue weighted by Crippen LogP contribution is -2.02. The van der Waals surface area contributed by atoms with Gasteiger partial charge in [-0.2, -0.15) is 0 Å². The fourth-order valence-electron chi connectivity index (χ4n) is 1.73. The molecule has 0 aliphatic carbocycles. The highest BCUT2D eigenvalue weighted by molar-refractivity contribution is 6.35. The highest BCUT2D eigenvalue weighted by Gasteiger charge is 2.03. The van der Waals surface area contributed by atoms with E-state index in [4.69, 9.17) is 23.2 Å². The Morgan fingerprint density at radius 1 is 1.00 bits per heavy atom. The molecule has 0 aromatic heterocycles. The highest BCUT2D eigenvalue weighted by Crippen LogP contribution is 2.28. The Morgan fingerprint density at radius 2 is 1.71 bits per heavy atom. The summed E-state index contributed by atoms with van der Waals surface area (Å²) in [7, 11) is 0. The summed E-state index contributed by atoms with van der Waals surface area (Å²) in [6, 6.07) is 3.81. The van der Waals surface area contributed by atoms with Crippen LogP contribution >= 0.6 is 23.2 Å². The molecule has 0 spiro atoms. The molecule has 0 radical (unpaired) electrons. The van der Waals surface area contributed by atoms with Crippen molar-refractivity contribution in [2.24, 2.45) is 0 Å². The minimum absolute atomic E-state index is 0.750. The van der Waals surface area contributed by atoms with Crippen molar-refractivity contribution in [3.05, 3.63) is 27.7 Å². The van der Waals surface area contributed by atoms with Gasteiger partial charge < -0.3 is 5.32 Å². The van der Waals surface area contributed by atoms with Crippen molar-refractivity contribution in [2.45, 2.75) is 46.0 Å². The van der Waals surface area contributed by atoms with Crippen molar-refractivity contribution < 1.29 is 0 Å². The number of hydrogen-bond acceptors (Lipinski definition) is 1. The van der Waals surface area contributed by atoms with Gasteiger partial charge in [0.1, 0.15) is 0 Å². The average molecular weight is 274 g/mol. The van der Waals surface area contributed by atoms with Gasteiger partial charge in [-0.15, -0.1) is 0 Å². The number of halogens is 2. The van der Waals surface area contributed by atoms with Crippen molar-refractivity contribution in [3.63, 3.8) is 0 Å². The molecule has 17 heavy (non-hydrogen) atoms. The van der Waals surface area contributed by atoms with Crippen LogP contribution in [0.1, 0.15) is 44.6 Å². The SMILES string of the molecule is CCCCCCCNc1cc(Cl)c(C)cc1Cl. The molecule has 0 unspecified atom stereocenters. The van der Waals surface area contributed by atoms with Crippen LogP contribution in [0, 0.1) is 6.92 Å². The number of nitrogens with one attached hydrogen (secondary N) is 1. The zero-order valence-corrected chi connectivity index (χ0v) is 12.2. The molecule has 0 atom stereocenters. The van der Waals surface area contributed by atoms with Gasteiger partial charge in [-0.1, -0.05) is 55.8 Å². The molecule has 0 bridgehead atoms. The Labute approximate surface area is 115 Å². The summed E-state index contributed by atoms with van der Waals surface area (Å²) in [5.41, 5.74) is 1.96. The van der Waals surface area contributed by atoms with Crippen LogP contribution < -0.4 is 5.32 Å². The van der Waals surface area contributed by atoms with Gasteiger partial charge in [0, 0.05) is 11.6 Å². The average Bonchev–Trinajstić information content (AvgIpc) is 2.30. The monoisotopic (exact) mass is 273 g/mol. The molecule has 0 aliphatic rings. The summed E-state index contributed by atoms with van der Waals surface area (Å²) in [6.45, 7) is 5.15. The van der Waals surface area contributed by atoms with Crippen molar-refractivity contribution in [1.29, 1.82) is 0 Å². The molecule has 0 saturated carbocycles. The second kappa shape index (κ2) is 7.84. The number of aryl methyl sites for hydroxylation is 1. The maximum atomic E-state index is 6.14. The molecular weight excluding hydrogens is 253 g/mol. The van der Waals surface area contributed by atoms with E-state index in [1.807, 2.05) is 19.1 Å².